The minimum Gasteiger partial charge on any atom is -0.453 e. The first-order valence-corrected chi connectivity index (χ1v) is 13.3. The topological polar surface area (TPSA) is 38.8 Å². The third-order valence-electron chi connectivity index (χ3n) is 6.77. The summed E-state index contributed by atoms with van der Waals surface area (Å²) in [6.45, 7) is 15.8. The number of nitrogens with zero attached hydrogens (tertiary/aromatic N) is 1. The Balaban J connectivity index is 1.68. The second kappa shape index (κ2) is 9.15. The van der Waals surface area contributed by atoms with Crippen molar-refractivity contribution in [2.45, 2.75) is 82.8 Å². The number of esters is 1. The van der Waals surface area contributed by atoms with E-state index < -0.39 is 8.32 Å². The highest BCUT2D eigenvalue weighted by atomic mass is 28.4. The van der Waals surface area contributed by atoms with Crippen molar-refractivity contribution in [1.29, 1.82) is 0 Å². The third kappa shape index (κ3) is 4.52. The molecule has 0 N–H and O–H groups in total. The Morgan fingerprint density at radius 1 is 1.00 bits per heavy atom. The second-order valence-corrected chi connectivity index (χ2v) is 14.8. The van der Waals surface area contributed by atoms with Gasteiger partial charge in [0.15, 0.2) is 0 Å². The summed E-state index contributed by atoms with van der Waals surface area (Å²) in [5, 5.41) is 0. The van der Waals surface area contributed by atoms with Crippen molar-refractivity contribution in [3.63, 3.8) is 0 Å². The number of rotatable bonds is 7. The lowest BCUT2D eigenvalue weighted by molar-refractivity contribution is 0.0267. The summed E-state index contributed by atoms with van der Waals surface area (Å²) in [4.78, 5) is 14.8. The third-order valence-corrected chi connectivity index (χ3v) is 12.9. The molecule has 2 heterocycles. The summed E-state index contributed by atoms with van der Waals surface area (Å²) in [6.07, 6.45) is 5.38. The van der Waals surface area contributed by atoms with Crippen LogP contribution in [-0.4, -0.2) is 50.5 Å². The zero-order chi connectivity index (χ0) is 21.2. The lowest BCUT2D eigenvalue weighted by Gasteiger charge is -2.45. The number of ether oxygens (including phenoxy) is 1. The van der Waals surface area contributed by atoms with E-state index in [-0.39, 0.29) is 18.2 Å². The maximum atomic E-state index is 12.4. The lowest BCUT2D eigenvalue weighted by Crippen LogP contribution is -2.53. The minimum atomic E-state index is -1.90. The van der Waals surface area contributed by atoms with Crippen molar-refractivity contribution >= 4 is 14.3 Å². The molecular weight excluding hydrogens is 378 g/mol. The van der Waals surface area contributed by atoms with Gasteiger partial charge in [0.25, 0.3) is 0 Å². The van der Waals surface area contributed by atoms with Crippen LogP contribution in [0.3, 0.4) is 0 Å². The average Bonchev–Trinajstić information content (AvgIpc) is 3.07. The molecule has 29 heavy (non-hydrogen) atoms. The molecule has 0 amide bonds. The van der Waals surface area contributed by atoms with E-state index in [1.165, 1.54) is 0 Å². The van der Waals surface area contributed by atoms with Gasteiger partial charge in [0.05, 0.1) is 17.7 Å². The zero-order valence-electron chi connectivity index (χ0n) is 18.8. The van der Waals surface area contributed by atoms with Crippen molar-refractivity contribution in [2.75, 3.05) is 13.1 Å². The number of carbonyl (C=O) groups is 1. The molecule has 5 heteroatoms. The first-order valence-electron chi connectivity index (χ1n) is 11.1. The van der Waals surface area contributed by atoms with Gasteiger partial charge in [-0.1, -0.05) is 65.8 Å². The SMILES string of the molecule is CC(C)[Si](O[C@H]1CCN2C[C@@H](OC(=O)c3ccccc3)C=C[C@@H]12)(C(C)C)C(C)C. The summed E-state index contributed by atoms with van der Waals surface area (Å²) in [5.74, 6) is -0.253. The van der Waals surface area contributed by atoms with Crippen LogP contribution in [0.2, 0.25) is 16.6 Å². The molecule has 160 valence electrons. The first kappa shape index (κ1) is 22.3. The summed E-state index contributed by atoms with van der Waals surface area (Å²) in [5.41, 5.74) is 2.36. The molecule has 0 unspecified atom stereocenters. The van der Waals surface area contributed by atoms with Crippen LogP contribution in [0.4, 0.5) is 0 Å². The van der Waals surface area contributed by atoms with E-state index in [4.69, 9.17) is 9.16 Å². The minimum absolute atomic E-state index is 0.194. The van der Waals surface area contributed by atoms with E-state index in [1.54, 1.807) is 12.1 Å². The summed E-state index contributed by atoms with van der Waals surface area (Å²) in [6, 6.07) is 9.52. The van der Waals surface area contributed by atoms with Crippen LogP contribution in [0, 0.1) is 0 Å². The molecule has 0 aromatic heterocycles. The largest absolute Gasteiger partial charge is 0.453 e. The van der Waals surface area contributed by atoms with Gasteiger partial charge >= 0.3 is 5.97 Å². The Morgan fingerprint density at radius 3 is 2.21 bits per heavy atom. The Hall–Kier alpha value is -1.43. The van der Waals surface area contributed by atoms with E-state index in [9.17, 15) is 4.79 Å². The van der Waals surface area contributed by atoms with E-state index in [0.29, 0.717) is 28.2 Å². The number of benzene rings is 1. The predicted molar refractivity (Wildman–Crippen MR) is 121 cm³/mol. The van der Waals surface area contributed by atoms with Crippen LogP contribution in [0.5, 0.6) is 0 Å². The van der Waals surface area contributed by atoms with Crippen molar-refractivity contribution in [1.82, 2.24) is 4.90 Å². The van der Waals surface area contributed by atoms with E-state index in [0.717, 1.165) is 19.5 Å². The molecule has 1 saturated heterocycles. The van der Waals surface area contributed by atoms with Crippen LogP contribution in [-0.2, 0) is 9.16 Å². The van der Waals surface area contributed by atoms with E-state index in [1.807, 2.05) is 18.2 Å². The fraction of sp³-hybridized carbons (Fsp3) is 0.625. The van der Waals surface area contributed by atoms with Crippen LogP contribution in [0.1, 0.15) is 58.3 Å². The molecule has 1 fully saturated rings. The smallest absolute Gasteiger partial charge is 0.338 e. The van der Waals surface area contributed by atoms with Crippen LogP contribution >= 0.6 is 0 Å². The molecule has 0 radical (unpaired) electrons. The van der Waals surface area contributed by atoms with E-state index in [2.05, 4.69) is 58.6 Å². The van der Waals surface area contributed by atoms with Crippen LogP contribution in [0.15, 0.2) is 42.5 Å². The van der Waals surface area contributed by atoms with Gasteiger partial charge in [-0.2, -0.15) is 0 Å². The molecule has 3 atom stereocenters. The molecule has 0 aliphatic carbocycles. The molecule has 2 aliphatic rings. The molecule has 4 nitrogen and oxygen atoms in total. The fourth-order valence-electron chi connectivity index (χ4n) is 5.49. The monoisotopic (exact) mass is 415 g/mol. The van der Waals surface area contributed by atoms with Gasteiger partial charge in [0, 0.05) is 13.1 Å². The summed E-state index contributed by atoms with van der Waals surface area (Å²) >= 11 is 0. The van der Waals surface area contributed by atoms with Crippen molar-refractivity contribution in [3.05, 3.63) is 48.0 Å². The Bertz CT molecular complexity index is 694. The molecule has 1 aromatic carbocycles. The fourth-order valence-corrected chi connectivity index (χ4v) is 11.1. The van der Waals surface area contributed by atoms with Gasteiger partial charge in [-0.3, -0.25) is 4.90 Å². The molecular formula is C24H37NO3Si. The first-order chi connectivity index (χ1) is 13.8. The molecule has 2 aliphatic heterocycles. The highest BCUT2D eigenvalue weighted by molar-refractivity contribution is 6.77. The second-order valence-electron chi connectivity index (χ2n) is 9.44. The molecule has 0 spiro atoms. The van der Waals surface area contributed by atoms with Gasteiger partial charge in [-0.05, 0) is 41.3 Å². The Kier molecular flexibility index (Phi) is 7.02. The maximum absolute atomic E-state index is 12.4. The molecule has 0 bridgehead atoms. The predicted octanol–water partition coefficient (Wildman–Crippen LogP) is 5.42. The number of hydrogen-bond acceptors (Lipinski definition) is 4. The van der Waals surface area contributed by atoms with Crippen LogP contribution < -0.4 is 0 Å². The molecule has 3 rings (SSSR count). The van der Waals surface area contributed by atoms with Crippen molar-refractivity contribution in [3.8, 4) is 0 Å². The molecule has 1 aromatic rings. The van der Waals surface area contributed by atoms with Gasteiger partial charge in [0.1, 0.15) is 6.10 Å². The Morgan fingerprint density at radius 2 is 1.62 bits per heavy atom. The zero-order valence-corrected chi connectivity index (χ0v) is 19.8. The molecule has 0 saturated carbocycles. The van der Waals surface area contributed by atoms with Crippen LogP contribution in [0.25, 0.3) is 0 Å². The maximum Gasteiger partial charge on any atom is 0.338 e. The number of hydrogen-bond donors (Lipinski definition) is 0. The number of carbonyl (C=O) groups excluding carboxylic acids is 1. The number of fused-ring (bicyclic) bond motifs is 1. The quantitative estimate of drug-likeness (QED) is 0.339. The van der Waals surface area contributed by atoms with Gasteiger partial charge in [-0.15, -0.1) is 0 Å². The highest BCUT2D eigenvalue weighted by Gasteiger charge is 2.49. The Labute approximate surface area is 177 Å². The van der Waals surface area contributed by atoms with Crippen molar-refractivity contribution < 1.29 is 14.0 Å². The lowest BCUT2D eigenvalue weighted by atomic mass is 10.1. The van der Waals surface area contributed by atoms with Crippen molar-refractivity contribution in [2.24, 2.45) is 0 Å². The standard InChI is InChI=1S/C24H37NO3Si/c1-17(2)29(18(3)4,19(5)6)28-23-14-15-25-16-21(12-13-22(23)25)27-24(26)20-10-8-7-9-11-20/h7-13,17-19,21-23H,14-16H2,1-6H3/t21-,22-,23-/m0/s1. The average molecular weight is 416 g/mol. The summed E-state index contributed by atoms with van der Waals surface area (Å²) < 4.78 is 12.8. The van der Waals surface area contributed by atoms with Gasteiger partial charge in [-0.25, -0.2) is 4.79 Å². The van der Waals surface area contributed by atoms with E-state index >= 15 is 0 Å². The highest BCUT2D eigenvalue weighted by Crippen LogP contribution is 2.44. The van der Waals surface area contributed by atoms with Gasteiger partial charge in [0.2, 0.25) is 8.32 Å². The normalized spacial score (nSPS) is 25.1. The van der Waals surface area contributed by atoms with Gasteiger partial charge < -0.3 is 9.16 Å². The summed E-state index contributed by atoms with van der Waals surface area (Å²) in [7, 11) is -1.90.